The monoisotopic (exact) mass is 331 g/mol. The number of rotatable bonds is 5. The van der Waals surface area contributed by atoms with Gasteiger partial charge in [-0.05, 0) is 42.1 Å². The van der Waals surface area contributed by atoms with Gasteiger partial charge in [0.25, 0.3) is 0 Å². The van der Waals surface area contributed by atoms with Crippen molar-refractivity contribution in [2.24, 2.45) is 0 Å². The lowest BCUT2D eigenvalue weighted by Gasteiger charge is -2.21. The molecule has 0 saturated carbocycles. The normalized spacial score (nSPS) is 12.4. The van der Waals surface area contributed by atoms with Crippen LogP contribution in [-0.2, 0) is 6.42 Å². The zero-order chi connectivity index (χ0) is 14.5. The molecular formula is C18H22BrN. The van der Waals surface area contributed by atoms with E-state index in [9.17, 15) is 0 Å². The molecule has 0 spiro atoms. The van der Waals surface area contributed by atoms with Crippen LogP contribution in [0.2, 0.25) is 0 Å². The Morgan fingerprint density at radius 1 is 1.10 bits per heavy atom. The fourth-order valence-electron chi connectivity index (χ4n) is 2.50. The molecule has 0 fully saturated rings. The van der Waals surface area contributed by atoms with Crippen molar-refractivity contribution in [3.63, 3.8) is 0 Å². The Bertz CT molecular complexity index is 577. The smallest absolute Gasteiger partial charge is 0.0587 e. The minimum Gasteiger partial charge on any atom is -0.306 e. The maximum Gasteiger partial charge on any atom is 0.0587 e. The Kier molecular flexibility index (Phi) is 5.38. The molecular weight excluding hydrogens is 310 g/mol. The third-order valence-electron chi connectivity index (χ3n) is 3.63. The standard InChI is InChI=1S/C18H22BrN/c1-4-14-9-7-10-15(12-14)18(20-5-2)16-11-6-8-13(3)17(16)19/h6-12,18,20H,4-5H2,1-3H3. The summed E-state index contributed by atoms with van der Waals surface area (Å²) in [6.45, 7) is 7.44. The van der Waals surface area contributed by atoms with E-state index < -0.39 is 0 Å². The van der Waals surface area contributed by atoms with Crippen LogP contribution in [0.5, 0.6) is 0 Å². The summed E-state index contributed by atoms with van der Waals surface area (Å²) in [6, 6.07) is 15.6. The van der Waals surface area contributed by atoms with Gasteiger partial charge < -0.3 is 5.32 Å². The molecule has 2 rings (SSSR count). The second-order valence-corrected chi connectivity index (χ2v) is 5.86. The highest BCUT2D eigenvalue weighted by Crippen LogP contribution is 2.31. The van der Waals surface area contributed by atoms with Gasteiger partial charge in [-0.3, -0.25) is 0 Å². The molecule has 2 aromatic rings. The van der Waals surface area contributed by atoms with E-state index in [4.69, 9.17) is 0 Å². The van der Waals surface area contributed by atoms with Gasteiger partial charge in [0.15, 0.2) is 0 Å². The van der Waals surface area contributed by atoms with E-state index >= 15 is 0 Å². The quantitative estimate of drug-likeness (QED) is 0.811. The molecule has 1 N–H and O–H groups in total. The molecule has 0 radical (unpaired) electrons. The van der Waals surface area contributed by atoms with Gasteiger partial charge in [0, 0.05) is 4.47 Å². The highest BCUT2D eigenvalue weighted by molar-refractivity contribution is 9.10. The van der Waals surface area contributed by atoms with Crippen molar-refractivity contribution in [2.75, 3.05) is 6.54 Å². The van der Waals surface area contributed by atoms with E-state index in [2.05, 4.69) is 84.5 Å². The van der Waals surface area contributed by atoms with Crippen molar-refractivity contribution >= 4 is 15.9 Å². The van der Waals surface area contributed by atoms with Crippen molar-refractivity contribution in [2.45, 2.75) is 33.2 Å². The van der Waals surface area contributed by atoms with Crippen LogP contribution < -0.4 is 5.32 Å². The number of benzene rings is 2. The minimum absolute atomic E-state index is 0.237. The Balaban J connectivity index is 2.47. The van der Waals surface area contributed by atoms with Gasteiger partial charge in [0.1, 0.15) is 0 Å². The number of nitrogens with one attached hydrogen (secondary N) is 1. The van der Waals surface area contributed by atoms with E-state index in [0.29, 0.717) is 0 Å². The highest BCUT2D eigenvalue weighted by Gasteiger charge is 2.16. The third-order valence-corrected chi connectivity index (χ3v) is 4.72. The van der Waals surface area contributed by atoms with Gasteiger partial charge in [-0.1, -0.05) is 72.2 Å². The second-order valence-electron chi connectivity index (χ2n) is 5.07. The van der Waals surface area contributed by atoms with Crippen LogP contribution in [0.15, 0.2) is 46.9 Å². The number of hydrogen-bond donors (Lipinski definition) is 1. The first-order valence-electron chi connectivity index (χ1n) is 7.24. The number of aryl methyl sites for hydroxylation is 2. The predicted octanol–water partition coefficient (Wildman–Crippen LogP) is 5.02. The van der Waals surface area contributed by atoms with Crippen molar-refractivity contribution in [1.82, 2.24) is 5.32 Å². The second kappa shape index (κ2) is 7.05. The summed E-state index contributed by atoms with van der Waals surface area (Å²) < 4.78 is 1.20. The summed E-state index contributed by atoms with van der Waals surface area (Å²) in [6.07, 6.45) is 1.07. The van der Waals surface area contributed by atoms with Crippen LogP contribution in [-0.4, -0.2) is 6.54 Å². The molecule has 0 heterocycles. The molecule has 1 unspecified atom stereocenters. The number of halogens is 1. The van der Waals surface area contributed by atoms with Gasteiger partial charge in [-0.2, -0.15) is 0 Å². The van der Waals surface area contributed by atoms with E-state index in [1.54, 1.807) is 0 Å². The Hall–Kier alpha value is -1.12. The summed E-state index contributed by atoms with van der Waals surface area (Å²) in [5, 5.41) is 3.60. The van der Waals surface area contributed by atoms with Crippen LogP contribution in [0.25, 0.3) is 0 Å². The molecule has 2 heteroatoms. The topological polar surface area (TPSA) is 12.0 Å². The summed E-state index contributed by atoms with van der Waals surface area (Å²) in [7, 11) is 0. The van der Waals surface area contributed by atoms with Gasteiger partial charge >= 0.3 is 0 Å². The SMILES string of the molecule is CCNC(c1cccc(CC)c1)c1cccc(C)c1Br. The molecule has 0 aromatic heterocycles. The van der Waals surface area contributed by atoms with Crippen LogP contribution in [0, 0.1) is 6.92 Å². The Labute approximate surface area is 130 Å². The van der Waals surface area contributed by atoms with E-state index in [-0.39, 0.29) is 6.04 Å². The third kappa shape index (κ3) is 3.31. The molecule has 0 aliphatic heterocycles. The average Bonchev–Trinajstić information content (AvgIpc) is 2.48. The van der Waals surface area contributed by atoms with Gasteiger partial charge in [0.05, 0.1) is 6.04 Å². The maximum absolute atomic E-state index is 3.74. The van der Waals surface area contributed by atoms with E-state index in [1.165, 1.54) is 26.7 Å². The van der Waals surface area contributed by atoms with Crippen LogP contribution in [0.1, 0.15) is 42.1 Å². The zero-order valence-corrected chi connectivity index (χ0v) is 14.0. The van der Waals surface area contributed by atoms with E-state index in [1.807, 2.05) is 0 Å². The summed E-state index contributed by atoms with van der Waals surface area (Å²) in [4.78, 5) is 0. The fourth-order valence-corrected chi connectivity index (χ4v) is 2.99. The van der Waals surface area contributed by atoms with Crippen molar-refractivity contribution in [1.29, 1.82) is 0 Å². The van der Waals surface area contributed by atoms with Crippen molar-refractivity contribution in [3.05, 3.63) is 69.2 Å². The lowest BCUT2D eigenvalue weighted by Crippen LogP contribution is -2.22. The van der Waals surface area contributed by atoms with Crippen molar-refractivity contribution < 1.29 is 0 Å². The molecule has 1 nitrogen and oxygen atoms in total. The molecule has 106 valence electrons. The first-order chi connectivity index (χ1) is 9.67. The molecule has 1 atom stereocenters. The predicted molar refractivity (Wildman–Crippen MR) is 90.2 cm³/mol. The molecule has 0 saturated heterocycles. The molecule has 0 bridgehead atoms. The molecule has 0 amide bonds. The molecule has 2 aromatic carbocycles. The first kappa shape index (κ1) is 15.3. The van der Waals surface area contributed by atoms with Gasteiger partial charge in [-0.25, -0.2) is 0 Å². The lowest BCUT2D eigenvalue weighted by molar-refractivity contribution is 0.627. The molecule has 20 heavy (non-hydrogen) atoms. The summed E-state index contributed by atoms with van der Waals surface area (Å²) >= 11 is 3.74. The minimum atomic E-state index is 0.237. The van der Waals surface area contributed by atoms with Gasteiger partial charge in [-0.15, -0.1) is 0 Å². The van der Waals surface area contributed by atoms with Gasteiger partial charge in [0.2, 0.25) is 0 Å². The summed E-state index contributed by atoms with van der Waals surface area (Å²) in [5.74, 6) is 0. The Morgan fingerprint density at radius 2 is 1.85 bits per heavy atom. The Morgan fingerprint density at radius 3 is 2.55 bits per heavy atom. The first-order valence-corrected chi connectivity index (χ1v) is 8.03. The summed E-state index contributed by atoms with van der Waals surface area (Å²) in [5.41, 5.74) is 5.30. The van der Waals surface area contributed by atoms with Crippen LogP contribution in [0.4, 0.5) is 0 Å². The molecule has 0 aliphatic rings. The lowest BCUT2D eigenvalue weighted by atomic mass is 9.95. The average molecular weight is 332 g/mol. The fraction of sp³-hybridized carbons (Fsp3) is 0.333. The van der Waals surface area contributed by atoms with E-state index in [0.717, 1.165) is 13.0 Å². The largest absolute Gasteiger partial charge is 0.306 e. The maximum atomic E-state index is 3.74. The van der Waals surface area contributed by atoms with Crippen molar-refractivity contribution in [3.8, 4) is 0 Å². The highest BCUT2D eigenvalue weighted by atomic mass is 79.9. The molecule has 0 aliphatic carbocycles. The zero-order valence-electron chi connectivity index (χ0n) is 12.4. The number of hydrogen-bond acceptors (Lipinski definition) is 1. The van der Waals surface area contributed by atoms with Crippen LogP contribution >= 0.6 is 15.9 Å². The van der Waals surface area contributed by atoms with Crippen LogP contribution in [0.3, 0.4) is 0 Å².